The molecule has 0 amide bonds. The minimum atomic E-state index is -0.201. The molecular formula is C15H20ClN5OS. The van der Waals surface area contributed by atoms with Gasteiger partial charge in [0.25, 0.3) is 0 Å². The summed E-state index contributed by atoms with van der Waals surface area (Å²) in [6, 6.07) is 5.77. The van der Waals surface area contributed by atoms with Gasteiger partial charge in [0.1, 0.15) is 5.82 Å². The van der Waals surface area contributed by atoms with Crippen LogP contribution in [0.1, 0.15) is 13.8 Å². The molecule has 3 aromatic rings. The maximum absolute atomic E-state index is 9.38. The van der Waals surface area contributed by atoms with Crippen LogP contribution < -0.4 is 11.1 Å². The maximum Gasteiger partial charge on any atom is 0.126 e. The zero-order valence-electron chi connectivity index (χ0n) is 13.0. The highest BCUT2D eigenvalue weighted by atomic mass is 35.5. The van der Waals surface area contributed by atoms with Gasteiger partial charge in [0.2, 0.25) is 0 Å². The predicted octanol–water partition coefficient (Wildman–Crippen LogP) is 3.12. The van der Waals surface area contributed by atoms with E-state index in [0.717, 1.165) is 26.5 Å². The first-order valence-electron chi connectivity index (χ1n) is 7.03. The van der Waals surface area contributed by atoms with E-state index in [1.54, 1.807) is 17.5 Å². The summed E-state index contributed by atoms with van der Waals surface area (Å²) in [6.07, 6.45) is 1.73. The summed E-state index contributed by atoms with van der Waals surface area (Å²) in [5.74, 6) is 0.478. The summed E-state index contributed by atoms with van der Waals surface area (Å²) in [6.45, 7) is 4.78. The molecule has 3 aromatic heterocycles. The zero-order valence-corrected chi connectivity index (χ0v) is 14.6. The molecule has 3 heterocycles. The van der Waals surface area contributed by atoms with Crippen molar-refractivity contribution < 1.29 is 5.11 Å². The molecule has 0 aliphatic heterocycles. The highest BCUT2D eigenvalue weighted by Gasteiger charge is 2.18. The average molecular weight is 354 g/mol. The quantitative estimate of drug-likeness (QED) is 0.564. The van der Waals surface area contributed by atoms with Gasteiger partial charge in [-0.1, -0.05) is 13.8 Å². The fourth-order valence-corrected chi connectivity index (χ4v) is 3.15. The van der Waals surface area contributed by atoms with Gasteiger partial charge < -0.3 is 16.2 Å². The van der Waals surface area contributed by atoms with Crippen LogP contribution in [0, 0.1) is 5.41 Å². The normalized spacial score (nSPS) is 11.4. The van der Waals surface area contributed by atoms with Crippen LogP contribution in [0.3, 0.4) is 0 Å². The average Bonchev–Trinajstić information content (AvgIpc) is 3.13. The molecule has 5 N–H and O–H groups in total. The molecular weight excluding hydrogens is 334 g/mol. The predicted molar refractivity (Wildman–Crippen MR) is 98.2 cm³/mol. The number of nitrogens with zero attached hydrogens (tertiary/aromatic N) is 2. The Bertz CT molecular complexity index is 785. The molecule has 0 aliphatic carbocycles. The van der Waals surface area contributed by atoms with Crippen molar-refractivity contribution in [3.8, 4) is 10.6 Å². The van der Waals surface area contributed by atoms with Crippen LogP contribution in [0.25, 0.3) is 20.8 Å². The summed E-state index contributed by atoms with van der Waals surface area (Å²) >= 11 is 1.63. The summed E-state index contributed by atoms with van der Waals surface area (Å²) in [4.78, 5) is 5.46. The first kappa shape index (κ1) is 17.5. The van der Waals surface area contributed by atoms with Crippen molar-refractivity contribution in [2.24, 2.45) is 5.41 Å². The topological polar surface area (TPSA) is 99.8 Å². The second-order valence-corrected chi connectivity index (χ2v) is 7.12. The first-order valence-corrected chi connectivity index (χ1v) is 7.85. The van der Waals surface area contributed by atoms with Crippen LogP contribution in [-0.2, 0) is 0 Å². The molecule has 0 bridgehead atoms. The lowest BCUT2D eigenvalue weighted by Gasteiger charge is -2.22. The molecule has 8 heteroatoms. The molecule has 3 rings (SSSR count). The number of aromatic nitrogens is 3. The molecule has 0 aromatic carbocycles. The number of nitrogens with one attached hydrogen (secondary N) is 2. The van der Waals surface area contributed by atoms with Crippen molar-refractivity contribution in [1.29, 1.82) is 0 Å². The number of nitrogens with two attached hydrogens (primary N) is 1. The number of thiophene rings is 1. The first-order chi connectivity index (χ1) is 10.5. The molecule has 0 atom stereocenters. The third-order valence-corrected chi connectivity index (χ3v) is 4.64. The van der Waals surface area contributed by atoms with E-state index in [0.29, 0.717) is 12.4 Å². The van der Waals surface area contributed by atoms with E-state index in [2.05, 4.69) is 20.5 Å². The van der Waals surface area contributed by atoms with E-state index in [4.69, 9.17) is 5.73 Å². The Hall–Kier alpha value is -1.83. The number of aliphatic hydroxyl groups is 1. The number of halogens is 1. The Morgan fingerprint density at radius 3 is 2.83 bits per heavy atom. The van der Waals surface area contributed by atoms with Gasteiger partial charge in [-0.15, -0.1) is 23.7 Å². The molecule has 0 saturated heterocycles. The maximum atomic E-state index is 9.38. The number of hydrogen-bond acceptors (Lipinski definition) is 6. The summed E-state index contributed by atoms with van der Waals surface area (Å²) in [7, 11) is 0. The molecule has 6 nitrogen and oxygen atoms in total. The second-order valence-electron chi connectivity index (χ2n) is 6.07. The van der Waals surface area contributed by atoms with Gasteiger partial charge in [0, 0.05) is 30.8 Å². The third-order valence-electron chi connectivity index (χ3n) is 3.45. The van der Waals surface area contributed by atoms with Crippen LogP contribution in [0.4, 0.5) is 11.5 Å². The number of anilines is 2. The van der Waals surface area contributed by atoms with Crippen molar-refractivity contribution in [2.75, 3.05) is 24.2 Å². The Kier molecular flexibility index (Phi) is 5.13. The number of aromatic amines is 1. The second kappa shape index (κ2) is 6.74. The number of nitrogen functional groups attached to an aromatic ring is 1. The van der Waals surface area contributed by atoms with E-state index in [1.807, 2.05) is 32.0 Å². The Morgan fingerprint density at radius 2 is 2.17 bits per heavy atom. The minimum Gasteiger partial charge on any atom is -0.396 e. The summed E-state index contributed by atoms with van der Waals surface area (Å²) in [5.41, 5.74) is 8.47. The molecule has 0 unspecified atom stereocenters. The molecule has 23 heavy (non-hydrogen) atoms. The zero-order chi connectivity index (χ0) is 15.7. The van der Waals surface area contributed by atoms with Gasteiger partial charge in [-0.25, -0.2) is 4.98 Å². The van der Waals surface area contributed by atoms with Crippen molar-refractivity contribution >= 4 is 45.5 Å². The summed E-state index contributed by atoms with van der Waals surface area (Å²) in [5, 5.41) is 19.7. The summed E-state index contributed by atoms with van der Waals surface area (Å²) < 4.78 is 1.05. The minimum absolute atomic E-state index is 0. The highest BCUT2D eigenvalue weighted by Crippen LogP contribution is 2.37. The van der Waals surface area contributed by atoms with E-state index in [-0.39, 0.29) is 24.4 Å². The number of hydrogen-bond donors (Lipinski definition) is 4. The van der Waals surface area contributed by atoms with Gasteiger partial charge in [-0.2, -0.15) is 5.10 Å². The number of aliphatic hydroxyl groups excluding tert-OH is 1. The smallest absolute Gasteiger partial charge is 0.126 e. The van der Waals surface area contributed by atoms with Crippen molar-refractivity contribution in [1.82, 2.24) is 15.2 Å². The van der Waals surface area contributed by atoms with Crippen LogP contribution in [0.2, 0.25) is 0 Å². The van der Waals surface area contributed by atoms with Crippen LogP contribution in [0.5, 0.6) is 0 Å². The molecule has 124 valence electrons. The van der Waals surface area contributed by atoms with Crippen molar-refractivity contribution in [2.45, 2.75) is 13.8 Å². The third kappa shape index (κ3) is 3.74. The number of rotatable bonds is 5. The fourth-order valence-electron chi connectivity index (χ4n) is 2.09. The lowest BCUT2D eigenvalue weighted by molar-refractivity contribution is 0.171. The Labute approximate surface area is 144 Å². The monoisotopic (exact) mass is 353 g/mol. The Morgan fingerprint density at radius 1 is 1.39 bits per heavy atom. The van der Waals surface area contributed by atoms with Crippen molar-refractivity contribution in [3.05, 3.63) is 24.4 Å². The van der Waals surface area contributed by atoms with Gasteiger partial charge in [0.05, 0.1) is 26.5 Å². The van der Waals surface area contributed by atoms with E-state index in [1.165, 1.54) is 0 Å². The fraction of sp³-hybridized carbons (Fsp3) is 0.333. The lowest BCUT2D eigenvalue weighted by Crippen LogP contribution is -2.26. The molecule has 0 spiro atoms. The van der Waals surface area contributed by atoms with Gasteiger partial charge >= 0.3 is 0 Å². The molecule has 0 saturated carbocycles. The largest absolute Gasteiger partial charge is 0.396 e. The van der Waals surface area contributed by atoms with Crippen LogP contribution in [-0.4, -0.2) is 33.4 Å². The number of H-pyrrole nitrogens is 1. The standard InChI is InChI=1S/C15H19N5OS.ClH/c1-15(2,8-21)7-17-10-6-13(16)19-11-5-12(22-14(10)11)9-3-4-18-20-9;/h3-6,21H,7-8H2,1-2H3,(H,18,20)(H3,16,17,19);1H. The van der Waals surface area contributed by atoms with Gasteiger partial charge in [-0.05, 0) is 12.1 Å². The van der Waals surface area contributed by atoms with E-state index < -0.39 is 0 Å². The highest BCUT2D eigenvalue weighted by molar-refractivity contribution is 7.22. The Balaban J connectivity index is 0.00000192. The number of fused-ring (bicyclic) bond motifs is 1. The van der Waals surface area contributed by atoms with Crippen LogP contribution >= 0.6 is 23.7 Å². The molecule has 0 radical (unpaired) electrons. The molecule has 0 fully saturated rings. The number of pyridine rings is 1. The van der Waals surface area contributed by atoms with E-state index in [9.17, 15) is 5.11 Å². The van der Waals surface area contributed by atoms with Gasteiger partial charge in [0.15, 0.2) is 0 Å². The molecule has 0 aliphatic rings. The van der Waals surface area contributed by atoms with Crippen molar-refractivity contribution in [3.63, 3.8) is 0 Å². The van der Waals surface area contributed by atoms with Crippen LogP contribution in [0.15, 0.2) is 24.4 Å². The SMILES string of the molecule is CC(C)(CO)CNc1cc(N)nc2cc(-c3ccn[nH]3)sc12.Cl. The van der Waals surface area contributed by atoms with E-state index >= 15 is 0 Å². The lowest BCUT2D eigenvalue weighted by atomic mass is 9.95. The van der Waals surface area contributed by atoms with Gasteiger partial charge in [-0.3, -0.25) is 5.10 Å².